The van der Waals surface area contributed by atoms with E-state index in [9.17, 15) is 15.0 Å². The van der Waals surface area contributed by atoms with Crippen molar-refractivity contribution >= 4 is 16.9 Å². The molecule has 0 bridgehead atoms. The Morgan fingerprint density at radius 3 is 2.95 bits per heavy atom. The van der Waals surface area contributed by atoms with Crippen molar-refractivity contribution in [2.75, 3.05) is 6.61 Å². The number of benzene rings is 1. The van der Waals surface area contributed by atoms with Crippen LogP contribution in [0, 0.1) is 0 Å². The minimum atomic E-state index is -2.09. The molecule has 2 aromatic rings. The summed E-state index contributed by atoms with van der Waals surface area (Å²) < 4.78 is 16.5. The second kappa shape index (κ2) is 3.69. The van der Waals surface area contributed by atoms with Gasteiger partial charge in [0.1, 0.15) is 6.10 Å². The Morgan fingerprint density at radius 2 is 2.09 bits per heavy atom. The van der Waals surface area contributed by atoms with E-state index in [2.05, 4.69) is 4.98 Å². The number of carbonyl (C=O) groups is 1. The van der Waals surface area contributed by atoms with Gasteiger partial charge in [0, 0.05) is 22.2 Å². The number of aromatic amines is 1. The summed E-state index contributed by atoms with van der Waals surface area (Å²) in [5, 5.41) is 21.9. The second-order valence-electron chi connectivity index (χ2n) is 5.89. The standard InChI is InChI=1S/C15H13NO6/c17-10-6-21-15-12(10)22-13(18)14(15,19)11-7-3-1-2-4-8(7)16-9(11)5-20-15/h1-4,10,12,16-17,19H,5-6H2/t10-,12+,14+,15-/m0/s1. The van der Waals surface area contributed by atoms with Gasteiger partial charge in [-0.15, -0.1) is 0 Å². The van der Waals surface area contributed by atoms with Crippen LogP contribution in [0.4, 0.5) is 0 Å². The largest absolute Gasteiger partial charge is 0.451 e. The minimum Gasteiger partial charge on any atom is -0.451 e. The van der Waals surface area contributed by atoms with Crippen LogP contribution >= 0.6 is 0 Å². The van der Waals surface area contributed by atoms with Crippen LogP contribution in [0.1, 0.15) is 11.3 Å². The Balaban J connectivity index is 1.84. The average Bonchev–Trinajstić information content (AvgIpc) is 3.11. The van der Waals surface area contributed by atoms with Gasteiger partial charge in [-0.25, -0.2) is 4.79 Å². The van der Waals surface area contributed by atoms with Crippen LogP contribution in [0.2, 0.25) is 0 Å². The van der Waals surface area contributed by atoms with Gasteiger partial charge in [-0.1, -0.05) is 18.2 Å². The summed E-state index contributed by atoms with van der Waals surface area (Å²) in [5.41, 5.74) is -0.285. The summed E-state index contributed by atoms with van der Waals surface area (Å²) in [6.07, 6.45) is -2.06. The molecule has 2 fully saturated rings. The number of fused-ring (bicyclic) bond motifs is 4. The first kappa shape index (κ1) is 12.6. The number of hydrogen-bond acceptors (Lipinski definition) is 6. The Kier molecular flexibility index (Phi) is 2.11. The number of ether oxygens (including phenoxy) is 3. The number of aliphatic hydroxyl groups is 2. The maximum absolute atomic E-state index is 12.4. The quantitative estimate of drug-likeness (QED) is 0.588. The maximum Gasteiger partial charge on any atom is 0.349 e. The van der Waals surface area contributed by atoms with Gasteiger partial charge < -0.3 is 29.4 Å². The molecule has 0 radical (unpaired) electrons. The van der Waals surface area contributed by atoms with Gasteiger partial charge in [-0.3, -0.25) is 0 Å². The number of carbonyl (C=O) groups excluding carboxylic acids is 1. The third kappa shape index (κ3) is 1.14. The van der Waals surface area contributed by atoms with E-state index in [1.165, 1.54) is 0 Å². The third-order valence-electron chi connectivity index (χ3n) is 4.80. The molecule has 7 nitrogen and oxygen atoms in total. The SMILES string of the molecule is O=C1O[C@@H]2[C@@H](O)CO[C@@]23OCc2[nH]c4ccccc4c2[C@@]13O. The lowest BCUT2D eigenvalue weighted by Crippen LogP contribution is -2.59. The van der Waals surface area contributed by atoms with Crippen molar-refractivity contribution < 1.29 is 29.2 Å². The molecule has 0 saturated carbocycles. The smallest absolute Gasteiger partial charge is 0.349 e. The fourth-order valence-electron chi connectivity index (χ4n) is 3.84. The van der Waals surface area contributed by atoms with Crippen molar-refractivity contribution in [3.05, 3.63) is 35.5 Å². The van der Waals surface area contributed by atoms with Crippen molar-refractivity contribution in [3.63, 3.8) is 0 Å². The number of hydrogen-bond donors (Lipinski definition) is 3. The highest BCUT2D eigenvalue weighted by Crippen LogP contribution is 2.55. The molecule has 4 atom stereocenters. The minimum absolute atomic E-state index is 0.0576. The Morgan fingerprint density at radius 1 is 1.27 bits per heavy atom. The van der Waals surface area contributed by atoms with E-state index in [4.69, 9.17) is 14.2 Å². The summed E-state index contributed by atoms with van der Waals surface area (Å²) in [7, 11) is 0. The van der Waals surface area contributed by atoms with Gasteiger partial charge in [0.15, 0.2) is 6.10 Å². The van der Waals surface area contributed by atoms with E-state index in [1.54, 1.807) is 0 Å². The van der Waals surface area contributed by atoms with E-state index in [0.717, 1.165) is 5.52 Å². The molecular formula is C15H13NO6. The molecule has 114 valence electrons. The Labute approximate surface area is 124 Å². The van der Waals surface area contributed by atoms with Crippen molar-refractivity contribution in [1.82, 2.24) is 4.98 Å². The predicted molar refractivity (Wildman–Crippen MR) is 71.6 cm³/mol. The van der Waals surface area contributed by atoms with Crippen LogP contribution < -0.4 is 0 Å². The highest BCUT2D eigenvalue weighted by molar-refractivity contribution is 5.95. The molecule has 0 unspecified atom stereocenters. The maximum atomic E-state index is 12.4. The number of aliphatic hydroxyl groups excluding tert-OH is 1. The zero-order chi connectivity index (χ0) is 15.1. The molecule has 2 saturated heterocycles. The zero-order valence-electron chi connectivity index (χ0n) is 11.4. The predicted octanol–water partition coefficient (Wildman–Crippen LogP) is -0.102. The molecule has 1 aromatic carbocycles. The van der Waals surface area contributed by atoms with E-state index >= 15 is 0 Å². The lowest BCUT2D eigenvalue weighted by atomic mass is 9.81. The molecule has 22 heavy (non-hydrogen) atoms. The molecule has 0 aliphatic carbocycles. The van der Waals surface area contributed by atoms with Crippen LogP contribution in [0.5, 0.6) is 0 Å². The molecule has 0 amide bonds. The molecule has 7 heteroatoms. The molecule has 5 rings (SSSR count). The normalized spacial score (nSPS) is 39.5. The Bertz CT molecular complexity index is 815. The molecule has 3 aliphatic heterocycles. The number of H-pyrrole nitrogens is 1. The third-order valence-corrected chi connectivity index (χ3v) is 4.80. The molecule has 3 aliphatic rings. The van der Waals surface area contributed by atoms with Gasteiger partial charge in [0.25, 0.3) is 5.79 Å². The summed E-state index contributed by atoms with van der Waals surface area (Å²) in [6.45, 7) is 0.0735. The highest BCUT2D eigenvalue weighted by atomic mass is 16.8. The van der Waals surface area contributed by atoms with Gasteiger partial charge in [-0.05, 0) is 6.07 Å². The fraction of sp³-hybridized carbons (Fsp3) is 0.400. The highest BCUT2D eigenvalue weighted by Gasteiger charge is 2.77. The average molecular weight is 303 g/mol. The molecule has 1 spiro atoms. The van der Waals surface area contributed by atoms with Crippen LogP contribution in [0.15, 0.2) is 24.3 Å². The van der Waals surface area contributed by atoms with Crippen LogP contribution in [-0.4, -0.2) is 45.8 Å². The van der Waals surface area contributed by atoms with E-state index < -0.39 is 29.6 Å². The summed E-state index contributed by atoms with van der Waals surface area (Å²) in [5.74, 6) is -2.55. The van der Waals surface area contributed by atoms with Crippen LogP contribution in [-0.2, 0) is 31.2 Å². The van der Waals surface area contributed by atoms with Crippen LogP contribution in [0.25, 0.3) is 10.9 Å². The van der Waals surface area contributed by atoms with Gasteiger partial charge >= 0.3 is 5.97 Å². The monoisotopic (exact) mass is 303 g/mol. The first-order valence-electron chi connectivity index (χ1n) is 7.07. The van der Waals surface area contributed by atoms with Gasteiger partial charge in [0.05, 0.1) is 13.2 Å². The lowest BCUT2D eigenvalue weighted by Gasteiger charge is -2.40. The summed E-state index contributed by atoms with van der Waals surface area (Å²) >= 11 is 0. The van der Waals surface area contributed by atoms with Crippen molar-refractivity contribution in [2.24, 2.45) is 0 Å². The number of nitrogens with one attached hydrogen (secondary N) is 1. The topological polar surface area (TPSA) is 101 Å². The van der Waals surface area contributed by atoms with E-state index in [-0.39, 0.29) is 13.2 Å². The second-order valence-corrected chi connectivity index (χ2v) is 5.89. The molecule has 4 heterocycles. The van der Waals surface area contributed by atoms with E-state index in [1.807, 2.05) is 24.3 Å². The number of rotatable bonds is 0. The lowest BCUT2D eigenvalue weighted by molar-refractivity contribution is -0.306. The van der Waals surface area contributed by atoms with Gasteiger partial charge in [0.2, 0.25) is 5.60 Å². The summed E-state index contributed by atoms with van der Waals surface area (Å²) in [6, 6.07) is 7.35. The Hall–Kier alpha value is -1.93. The zero-order valence-corrected chi connectivity index (χ0v) is 11.4. The number of para-hydroxylation sites is 1. The number of esters is 1. The van der Waals surface area contributed by atoms with Crippen molar-refractivity contribution in [1.29, 1.82) is 0 Å². The van der Waals surface area contributed by atoms with Crippen LogP contribution in [0.3, 0.4) is 0 Å². The van der Waals surface area contributed by atoms with Crippen molar-refractivity contribution in [2.45, 2.75) is 30.2 Å². The molecule has 1 aromatic heterocycles. The first-order chi connectivity index (χ1) is 10.6. The summed E-state index contributed by atoms with van der Waals surface area (Å²) in [4.78, 5) is 15.6. The molecular weight excluding hydrogens is 290 g/mol. The van der Waals surface area contributed by atoms with Gasteiger partial charge in [-0.2, -0.15) is 0 Å². The van der Waals surface area contributed by atoms with Crippen molar-refractivity contribution in [3.8, 4) is 0 Å². The van der Waals surface area contributed by atoms with E-state index in [0.29, 0.717) is 16.6 Å². The first-order valence-corrected chi connectivity index (χ1v) is 7.07. The molecule has 3 N–H and O–H groups in total. The fourth-order valence-corrected chi connectivity index (χ4v) is 3.84. The number of aromatic nitrogens is 1.